The molecule has 8 aliphatic carbocycles. The van der Waals surface area contributed by atoms with Gasteiger partial charge in [0.15, 0.2) is 0 Å². The van der Waals surface area contributed by atoms with Gasteiger partial charge < -0.3 is 14.6 Å². The van der Waals surface area contributed by atoms with Crippen molar-refractivity contribution in [1.29, 1.82) is 0 Å². The van der Waals surface area contributed by atoms with Crippen LogP contribution in [0.2, 0.25) is 0 Å². The molecule has 0 spiro atoms. The highest BCUT2D eigenvalue weighted by molar-refractivity contribution is 5.79. The van der Waals surface area contributed by atoms with E-state index in [0.717, 1.165) is 80.5 Å². The van der Waals surface area contributed by atoms with E-state index in [0.29, 0.717) is 75.8 Å². The summed E-state index contributed by atoms with van der Waals surface area (Å²) in [7, 11) is 0. The Hall–Kier alpha value is -1.43. The van der Waals surface area contributed by atoms with Gasteiger partial charge in [-0.25, -0.2) is 0 Å². The summed E-state index contributed by atoms with van der Waals surface area (Å²) in [4.78, 5) is 36.6. The van der Waals surface area contributed by atoms with Gasteiger partial charge in [0.2, 0.25) is 0 Å². The number of esters is 2. The normalized spacial score (nSPS) is 45.7. The Kier molecular flexibility index (Phi) is 15.7. The van der Waals surface area contributed by atoms with Crippen LogP contribution < -0.4 is 0 Å². The highest BCUT2D eigenvalue weighted by atomic mass is 16.5. The lowest BCUT2D eigenvalue weighted by Gasteiger charge is -2.62. The Morgan fingerprint density at radius 2 is 0.984 bits per heavy atom. The molecule has 0 heterocycles. The second kappa shape index (κ2) is 19.9. The number of fused-ring (bicyclic) bond motifs is 10. The Labute approximate surface area is 392 Å². The molecule has 8 fully saturated rings. The summed E-state index contributed by atoms with van der Waals surface area (Å²) in [6.45, 7) is 27.8. The fourth-order valence-corrected chi connectivity index (χ4v) is 18.9. The molecule has 19 atom stereocenters. The van der Waals surface area contributed by atoms with E-state index in [4.69, 9.17) is 9.47 Å². The quantitative estimate of drug-likeness (QED) is 0.196. The first kappa shape index (κ1) is 50.4. The van der Waals surface area contributed by atoms with Crippen molar-refractivity contribution in [3.05, 3.63) is 0 Å². The van der Waals surface area contributed by atoms with Gasteiger partial charge in [-0.05, 0) is 183 Å². The predicted molar refractivity (Wildman–Crippen MR) is 259 cm³/mol. The zero-order chi connectivity index (χ0) is 46.5. The van der Waals surface area contributed by atoms with Crippen molar-refractivity contribution in [3.8, 4) is 0 Å². The maximum absolute atomic E-state index is 12.3. The Morgan fingerprint density at radius 3 is 1.44 bits per heavy atom. The van der Waals surface area contributed by atoms with Crippen molar-refractivity contribution in [2.45, 2.75) is 243 Å². The van der Waals surface area contributed by atoms with Crippen LogP contribution in [-0.4, -0.2) is 41.1 Å². The SMILES string of the molecule is CC(=O)O[C@@H]1C[C@H]2CC(=O)CC[C@]2(C)C2CC[C@@]3(C)C(CC[C@@H]3C(C)CCCC(C)C)C21.CC(=O)O[C@@H]1C[C@H]2C[C@@H](O)CC[C@]2(C)C2CC[C@@]3(C)C(CC[C@@H]3C(C)CCCC(C)C)C21. The summed E-state index contributed by atoms with van der Waals surface area (Å²) in [5.41, 5.74) is 1.33. The molecule has 1 N–H and O–H groups in total. The Bertz CT molecular complexity index is 1620. The first-order chi connectivity index (χ1) is 30.1. The van der Waals surface area contributed by atoms with E-state index < -0.39 is 0 Å². The molecule has 8 rings (SSSR count). The molecule has 0 bridgehead atoms. The van der Waals surface area contributed by atoms with E-state index in [-0.39, 0.29) is 35.7 Å². The maximum atomic E-state index is 12.3. The van der Waals surface area contributed by atoms with E-state index >= 15 is 0 Å². The van der Waals surface area contributed by atoms with Gasteiger partial charge in [-0.1, -0.05) is 108 Å². The molecule has 6 nitrogen and oxygen atoms in total. The van der Waals surface area contributed by atoms with E-state index in [1.165, 1.54) is 89.9 Å². The molecule has 6 heteroatoms. The van der Waals surface area contributed by atoms with Crippen molar-refractivity contribution < 1.29 is 29.0 Å². The van der Waals surface area contributed by atoms with Gasteiger partial charge >= 0.3 is 11.9 Å². The van der Waals surface area contributed by atoms with Gasteiger partial charge in [0.25, 0.3) is 0 Å². The number of ketones is 1. The number of aliphatic hydroxyl groups excluding tert-OH is 1. The average Bonchev–Trinajstić information content (AvgIpc) is 3.75. The number of ether oxygens (including phenoxy) is 2. The molecular formula is C58H98O6. The first-order valence-electron chi connectivity index (χ1n) is 27.7. The molecule has 0 aliphatic heterocycles. The summed E-state index contributed by atoms with van der Waals surface area (Å²) in [5.74, 6) is 9.47. The van der Waals surface area contributed by atoms with Crippen molar-refractivity contribution >= 4 is 17.7 Å². The molecule has 0 saturated heterocycles. The maximum Gasteiger partial charge on any atom is 0.302 e. The lowest BCUT2D eigenvalue weighted by atomic mass is 9.43. The molecule has 0 aromatic heterocycles. The number of aliphatic hydroxyl groups is 1. The molecule has 0 aromatic carbocycles. The van der Waals surface area contributed by atoms with E-state index in [1.54, 1.807) is 13.8 Å². The van der Waals surface area contributed by atoms with E-state index in [2.05, 4.69) is 69.2 Å². The van der Waals surface area contributed by atoms with Crippen LogP contribution in [0.5, 0.6) is 0 Å². The molecule has 0 radical (unpaired) electrons. The summed E-state index contributed by atoms with van der Waals surface area (Å²) < 4.78 is 12.2. The van der Waals surface area contributed by atoms with Gasteiger partial charge in [0.1, 0.15) is 18.0 Å². The van der Waals surface area contributed by atoms with Crippen LogP contribution in [-0.2, 0) is 23.9 Å². The Balaban J connectivity index is 0.000000191. The standard InChI is InChI=1S/C29H50O3.C29H48O3/c2*1-18(2)8-7-9-19(3)23-10-11-24-27-25(13-15-29(23,24)6)28(5)14-12-22(31)16-21(28)17-26(27)32-20(4)30/h18-19,21-27,31H,7-17H2,1-6H3;18-19,21,23-27H,7-17H2,1-6H3/t19?,21-,22+,23-,24?,25?,26-,27?,28+,29-;19?,21-,23-,24?,25?,26-,27?,28+,29-/m11/s1. The predicted octanol–water partition coefficient (Wildman–Crippen LogP) is 14.2. The van der Waals surface area contributed by atoms with Gasteiger partial charge in [-0.15, -0.1) is 0 Å². The molecule has 8 unspecified atom stereocenters. The average molecular weight is 891 g/mol. The number of carbonyl (C=O) groups excluding carboxylic acids is 3. The summed E-state index contributed by atoms with van der Waals surface area (Å²) in [5, 5.41) is 10.4. The van der Waals surface area contributed by atoms with Crippen LogP contribution in [0.1, 0.15) is 224 Å². The van der Waals surface area contributed by atoms with Crippen molar-refractivity contribution in [2.24, 2.45) is 105 Å². The van der Waals surface area contributed by atoms with Crippen LogP contribution in [0.25, 0.3) is 0 Å². The molecule has 366 valence electrons. The molecule has 0 aromatic rings. The molecule has 0 amide bonds. The highest BCUT2D eigenvalue weighted by Crippen LogP contribution is 2.70. The zero-order valence-corrected chi connectivity index (χ0v) is 43.4. The molecular weight excluding hydrogens is 793 g/mol. The van der Waals surface area contributed by atoms with Crippen LogP contribution in [0.15, 0.2) is 0 Å². The van der Waals surface area contributed by atoms with E-state index in [9.17, 15) is 19.5 Å². The number of carbonyl (C=O) groups is 3. The van der Waals surface area contributed by atoms with Gasteiger partial charge in [-0.2, -0.15) is 0 Å². The zero-order valence-electron chi connectivity index (χ0n) is 43.4. The fraction of sp³-hybridized carbons (Fsp3) is 0.948. The van der Waals surface area contributed by atoms with Crippen LogP contribution >= 0.6 is 0 Å². The van der Waals surface area contributed by atoms with Crippen LogP contribution in [0, 0.1) is 105 Å². The van der Waals surface area contributed by atoms with Gasteiger partial charge in [-0.3, -0.25) is 14.4 Å². The minimum atomic E-state index is -0.168. The second-order valence-corrected chi connectivity index (χ2v) is 26.5. The van der Waals surface area contributed by atoms with Crippen molar-refractivity contribution in [2.75, 3.05) is 0 Å². The first-order valence-corrected chi connectivity index (χ1v) is 27.7. The van der Waals surface area contributed by atoms with Crippen LogP contribution in [0.3, 0.4) is 0 Å². The number of Topliss-reactive ketones (excluding diaryl/α,β-unsaturated/α-hetero) is 1. The van der Waals surface area contributed by atoms with Crippen molar-refractivity contribution in [3.63, 3.8) is 0 Å². The lowest BCUT2D eigenvalue weighted by molar-refractivity contribution is -0.194. The highest BCUT2D eigenvalue weighted by Gasteiger charge is 2.65. The number of hydrogen-bond donors (Lipinski definition) is 1. The smallest absolute Gasteiger partial charge is 0.302 e. The van der Waals surface area contributed by atoms with Gasteiger partial charge in [0, 0.05) is 38.5 Å². The minimum Gasteiger partial charge on any atom is -0.462 e. The largest absolute Gasteiger partial charge is 0.462 e. The fourth-order valence-electron chi connectivity index (χ4n) is 18.9. The third-order valence-corrected chi connectivity index (χ3v) is 22.1. The second-order valence-electron chi connectivity index (χ2n) is 26.5. The number of rotatable bonds is 12. The number of hydrogen-bond acceptors (Lipinski definition) is 6. The summed E-state index contributed by atoms with van der Waals surface area (Å²) in [6.07, 6.45) is 25.9. The summed E-state index contributed by atoms with van der Waals surface area (Å²) in [6, 6.07) is 0. The molecule has 8 saturated carbocycles. The van der Waals surface area contributed by atoms with E-state index in [1.807, 2.05) is 0 Å². The summed E-state index contributed by atoms with van der Waals surface area (Å²) >= 11 is 0. The monoisotopic (exact) mass is 891 g/mol. The Morgan fingerprint density at radius 1 is 0.562 bits per heavy atom. The lowest BCUT2D eigenvalue weighted by Crippen LogP contribution is -2.59. The topological polar surface area (TPSA) is 89.9 Å². The third kappa shape index (κ3) is 9.74. The third-order valence-electron chi connectivity index (χ3n) is 22.1. The van der Waals surface area contributed by atoms with Crippen LogP contribution in [0.4, 0.5) is 0 Å². The van der Waals surface area contributed by atoms with Gasteiger partial charge in [0.05, 0.1) is 6.10 Å². The molecule has 64 heavy (non-hydrogen) atoms. The van der Waals surface area contributed by atoms with Crippen molar-refractivity contribution in [1.82, 2.24) is 0 Å². The minimum absolute atomic E-state index is 0.0149. The molecule has 8 aliphatic rings.